The molecule has 8 nitrogen and oxygen atoms in total. The summed E-state index contributed by atoms with van der Waals surface area (Å²) >= 11 is 0. The predicted octanol–water partition coefficient (Wildman–Crippen LogP) is 0.350. The highest BCUT2D eigenvalue weighted by Gasteiger charge is 2.36. The van der Waals surface area contributed by atoms with Crippen molar-refractivity contribution in [2.45, 2.75) is 64.3 Å². The highest BCUT2D eigenvalue weighted by molar-refractivity contribution is 5.89. The van der Waals surface area contributed by atoms with Crippen LogP contribution in [0, 0.1) is 0 Å². The van der Waals surface area contributed by atoms with Crippen LogP contribution >= 0.6 is 0 Å². The van der Waals surface area contributed by atoms with Crippen LogP contribution in [0.1, 0.15) is 40.0 Å². The van der Waals surface area contributed by atoms with Crippen LogP contribution in [-0.2, 0) is 23.9 Å². The van der Waals surface area contributed by atoms with E-state index in [2.05, 4.69) is 5.32 Å². The molecule has 0 aromatic heterocycles. The molecule has 0 bridgehead atoms. The van der Waals surface area contributed by atoms with Gasteiger partial charge in [0.1, 0.15) is 0 Å². The zero-order valence-corrected chi connectivity index (χ0v) is 14.3. The minimum atomic E-state index is -0.979. The van der Waals surface area contributed by atoms with Gasteiger partial charge in [0, 0.05) is 18.5 Å². The molecular weight excluding hydrogens is 316 g/mol. The number of carboxylic acids is 1. The Morgan fingerprint density at radius 3 is 2.58 bits per heavy atom. The molecule has 4 atom stereocenters. The maximum Gasteiger partial charge on any atom is 0.333 e. The maximum absolute atomic E-state index is 12.0. The lowest BCUT2D eigenvalue weighted by Crippen LogP contribution is -2.57. The molecule has 0 fully saturated rings. The summed E-state index contributed by atoms with van der Waals surface area (Å²) in [4.78, 5) is 34.3. The number of hydrogen-bond donors (Lipinski definition) is 3. The number of aliphatic carboxylic acids is 1. The normalized spacial score (nSPS) is 24.7. The van der Waals surface area contributed by atoms with Crippen LogP contribution in [0.15, 0.2) is 11.6 Å². The van der Waals surface area contributed by atoms with Gasteiger partial charge in [-0.3, -0.25) is 9.59 Å². The summed E-state index contributed by atoms with van der Waals surface area (Å²) in [6.07, 6.45) is 0.895. The molecule has 0 aromatic rings. The molecule has 0 radical (unpaired) electrons. The van der Waals surface area contributed by atoms with Crippen LogP contribution in [0.4, 0.5) is 0 Å². The molecule has 0 saturated heterocycles. The Morgan fingerprint density at radius 2 is 2.08 bits per heavy atom. The number of hydrogen-bond acceptors (Lipinski definition) is 6. The smallest absolute Gasteiger partial charge is 0.333 e. The van der Waals surface area contributed by atoms with Gasteiger partial charge in [-0.15, -0.1) is 0 Å². The molecule has 4 N–H and O–H groups in total. The van der Waals surface area contributed by atoms with E-state index < -0.39 is 36.2 Å². The fraction of sp³-hybridized carbons (Fsp3) is 0.688. The molecule has 1 aliphatic carbocycles. The third kappa shape index (κ3) is 5.93. The molecule has 136 valence electrons. The van der Waals surface area contributed by atoms with Crippen molar-refractivity contribution in [1.82, 2.24) is 5.32 Å². The second-order valence-electron chi connectivity index (χ2n) is 5.74. The van der Waals surface area contributed by atoms with Crippen molar-refractivity contribution < 1.29 is 29.0 Å². The van der Waals surface area contributed by atoms with E-state index in [1.807, 2.05) is 0 Å². The molecule has 0 aliphatic heterocycles. The summed E-state index contributed by atoms with van der Waals surface area (Å²) in [5, 5.41) is 11.7. The number of esters is 1. The van der Waals surface area contributed by atoms with Crippen molar-refractivity contribution in [2.24, 2.45) is 5.73 Å². The van der Waals surface area contributed by atoms with Crippen LogP contribution in [0.3, 0.4) is 0 Å². The quantitative estimate of drug-likeness (QED) is 0.543. The van der Waals surface area contributed by atoms with Crippen LogP contribution in [0.25, 0.3) is 0 Å². The van der Waals surface area contributed by atoms with E-state index in [0.717, 1.165) is 0 Å². The van der Waals surface area contributed by atoms with Gasteiger partial charge in [0.2, 0.25) is 5.91 Å². The summed E-state index contributed by atoms with van der Waals surface area (Å²) in [7, 11) is 0. The average Bonchev–Trinajstić information content (AvgIpc) is 2.49. The minimum absolute atomic E-state index is 0.169. The molecule has 8 heteroatoms. The lowest BCUT2D eigenvalue weighted by atomic mass is 9.88. The van der Waals surface area contributed by atoms with Gasteiger partial charge in [0.25, 0.3) is 0 Å². The van der Waals surface area contributed by atoms with Crippen molar-refractivity contribution in [3.8, 4) is 0 Å². The van der Waals surface area contributed by atoms with Gasteiger partial charge in [0.15, 0.2) is 0 Å². The molecule has 1 amide bonds. The van der Waals surface area contributed by atoms with E-state index in [0.29, 0.717) is 12.0 Å². The number of nitrogens with one attached hydrogen (secondary N) is 1. The number of rotatable bonds is 8. The van der Waals surface area contributed by atoms with Gasteiger partial charge in [-0.2, -0.15) is 0 Å². The van der Waals surface area contributed by atoms with Gasteiger partial charge < -0.3 is 25.6 Å². The topological polar surface area (TPSA) is 128 Å². The fourth-order valence-electron chi connectivity index (χ4n) is 2.62. The van der Waals surface area contributed by atoms with Crippen molar-refractivity contribution >= 4 is 17.8 Å². The van der Waals surface area contributed by atoms with Gasteiger partial charge in [-0.25, -0.2) is 4.79 Å². The first-order chi connectivity index (χ1) is 11.3. The number of nitrogens with two attached hydrogens (primary N) is 1. The van der Waals surface area contributed by atoms with Crippen LogP contribution in [0.2, 0.25) is 0 Å². The predicted molar refractivity (Wildman–Crippen MR) is 86.1 cm³/mol. The van der Waals surface area contributed by atoms with E-state index in [-0.39, 0.29) is 25.4 Å². The van der Waals surface area contributed by atoms with Crippen molar-refractivity contribution in [2.75, 3.05) is 6.61 Å². The van der Waals surface area contributed by atoms with E-state index >= 15 is 0 Å². The molecule has 0 aromatic carbocycles. The van der Waals surface area contributed by atoms with Crippen molar-refractivity contribution in [3.63, 3.8) is 0 Å². The summed E-state index contributed by atoms with van der Waals surface area (Å²) in [6, 6.07) is -1.07. The maximum atomic E-state index is 12.0. The standard InChI is InChI=1S/C16H26N2O6/c1-4-11(8-14(20)21)24-13-7-10(16(22)23-5-2)6-12(17)15(13)18-9(3)19/h7,11-13,15H,4-6,8,17H2,1-3H3,(H,18,19)(H,20,21)/t11-,12-,13+,15+/m0/s1. The summed E-state index contributed by atoms with van der Waals surface area (Å²) < 4.78 is 10.8. The molecular formula is C16H26N2O6. The monoisotopic (exact) mass is 342 g/mol. The SMILES string of the molecule is CCOC(=O)C1=C[C@@H](O[C@@H](CC)CC(=O)O)[C@H](NC(C)=O)[C@@H](N)C1. The molecule has 0 saturated carbocycles. The number of carboxylic acid groups (broad SMARTS) is 1. The molecule has 0 spiro atoms. The number of amides is 1. The zero-order chi connectivity index (χ0) is 18.3. The first-order valence-corrected chi connectivity index (χ1v) is 8.06. The van der Waals surface area contributed by atoms with E-state index in [1.54, 1.807) is 19.9 Å². The molecule has 1 rings (SSSR count). The lowest BCUT2D eigenvalue weighted by molar-refractivity contribution is -0.143. The Labute approximate surface area is 141 Å². The van der Waals surface area contributed by atoms with Crippen LogP contribution in [-0.4, -0.2) is 53.9 Å². The van der Waals surface area contributed by atoms with Crippen LogP contribution < -0.4 is 11.1 Å². The Kier molecular flexibility index (Phi) is 7.87. The summed E-state index contributed by atoms with van der Waals surface area (Å²) in [5.74, 6) is -1.73. The Morgan fingerprint density at radius 1 is 1.42 bits per heavy atom. The van der Waals surface area contributed by atoms with Gasteiger partial charge in [0.05, 0.1) is 31.3 Å². The average molecular weight is 342 g/mol. The van der Waals surface area contributed by atoms with Crippen LogP contribution in [0.5, 0.6) is 0 Å². The molecule has 1 aliphatic rings. The Hall–Kier alpha value is -1.93. The number of carbonyl (C=O) groups is 3. The number of ether oxygens (including phenoxy) is 2. The zero-order valence-electron chi connectivity index (χ0n) is 14.3. The first kappa shape index (κ1) is 20.1. The highest BCUT2D eigenvalue weighted by Crippen LogP contribution is 2.24. The largest absolute Gasteiger partial charge is 0.481 e. The fourth-order valence-corrected chi connectivity index (χ4v) is 2.62. The van der Waals surface area contributed by atoms with E-state index in [4.69, 9.17) is 20.3 Å². The summed E-state index contributed by atoms with van der Waals surface area (Å²) in [5.41, 5.74) is 6.48. The Bertz CT molecular complexity index is 505. The third-order valence-electron chi connectivity index (χ3n) is 3.75. The first-order valence-electron chi connectivity index (χ1n) is 8.06. The second kappa shape index (κ2) is 9.39. The summed E-state index contributed by atoms with van der Waals surface area (Å²) in [6.45, 7) is 5.11. The number of carbonyl (C=O) groups excluding carboxylic acids is 2. The Balaban J connectivity index is 3.02. The van der Waals surface area contributed by atoms with Gasteiger partial charge in [-0.1, -0.05) is 6.92 Å². The van der Waals surface area contributed by atoms with E-state index in [1.165, 1.54) is 6.92 Å². The molecule has 24 heavy (non-hydrogen) atoms. The van der Waals surface area contributed by atoms with E-state index in [9.17, 15) is 14.4 Å². The minimum Gasteiger partial charge on any atom is -0.481 e. The van der Waals surface area contributed by atoms with Crippen molar-refractivity contribution in [3.05, 3.63) is 11.6 Å². The van der Waals surface area contributed by atoms with Crippen molar-refractivity contribution in [1.29, 1.82) is 0 Å². The third-order valence-corrected chi connectivity index (χ3v) is 3.75. The second-order valence-corrected chi connectivity index (χ2v) is 5.74. The lowest BCUT2D eigenvalue weighted by Gasteiger charge is -2.36. The van der Waals surface area contributed by atoms with Gasteiger partial charge >= 0.3 is 11.9 Å². The molecule has 0 unspecified atom stereocenters. The van der Waals surface area contributed by atoms with Gasteiger partial charge in [-0.05, 0) is 25.8 Å². The molecule has 0 heterocycles. The highest BCUT2D eigenvalue weighted by atomic mass is 16.5.